The number of rotatable bonds is 4. The predicted octanol–water partition coefficient (Wildman–Crippen LogP) is 1.01. The molecule has 0 amide bonds. The van der Waals surface area contributed by atoms with Gasteiger partial charge in [0.05, 0.1) is 30.6 Å². The molecule has 112 valence electrons. The Morgan fingerprint density at radius 3 is 3.00 bits per heavy atom. The summed E-state index contributed by atoms with van der Waals surface area (Å²) < 4.78 is 7.70. The van der Waals surface area contributed by atoms with E-state index >= 15 is 0 Å². The van der Waals surface area contributed by atoms with Gasteiger partial charge < -0.3 is 15.0 Å². The number of likely N-dealkylation sites (N-methyl/N-ethyl adjacent to an activating group) is 1. The third-order valence-corrected chi connectivity index (χ3v) is 4.05. The molecule has 2 rings (SSSR count). The van der Waals surface area contributed by atoms with Crippen LogP contribution in [-0.4, -0.2) is 49.2 Å². The first kappa shape index (κ1) is 15.5. The van der Waals surface area contributed by atoms with Crippen LogP contribution < -0.4 is 15.8 Å². The normalized spacial score (nSPS) is 19.4. The van der Waals surface area contributed by atoms with Gasteiger partial charge in [-0.25, -0.2) is 4.68 Å². The molecule has 1 N–H and O–H groups in total. The van der Waals surface area contributed by atoms with E-state index in [1.165, 1.54) is 4.68 Å². The van der Waals surface area contributed by atoms with Crippen LogP contribution in [0, 0.1) is 0 Å². The third kappa shape index (κ3) is 3.39. The van der Waals surface area contributed by atoms with Gasteiger partial charge in [-0.2, -0.15) is 5.10 Å². The van der Waals surface area contributed by atoms with Crippen molar-refractivity contribution in [1.29, 1.82) is 0 Å². The molecule has 1 unspecified atom stereocenters. The van der Waals surface area contributed by atoms with E-state index in [-0.39, 0.29) is 17.7 Å². The number of nitrogens with one attached hydrogen (secondary N) is 1. The number of nitrogens with zero attached hydrogens (tertiary/aromatic N) is 3. The van der Waals surface area contributed by atoms with Crippen LogP contribution in [-0.2, 0) is 4.74 Å². The second-order valence-corrected chi connectivity index (χ2v) is 6.06. The van der Waals surface area contributed by atoms with Crippen molar-refractivity contribution < 1.29 is 4.74 Å². The average molecular weight is 345 g/mol. The van der Waals surface area contributed by atoms with Crippen LogP contribution >= 0.6 is 15.9 Å². The fourth-order valence-electron chi connectivity index (χ4n) is 2.21. The maximum absolute atomic E-state index is 12.2. The van der Waals surface area contributed by atoms with Gasteiger partial charge in [0, 0.05) is 26.7 Å². The highest BCUT2D eigenvalue weighted by Gasteiger charge is 2.19. The Morgan fingerprint density at radius 1 is 1.65 bits per heavy atom. The quantitative estimate of drug-likeness (QED) is 0.883. The first-order valence-electron chi connectivity index (χ1n) is 6.81. The molecule has 0 bridgehead atoms. The van der Waals surface area contributed by atoms with Crippen molar-refractivity contribution in [2.45, 2.75) is 26.0 Å². The molecule has 1 fully saturated rings. The molecule has 1 aromatic heterocycles. The van der Waals surface area contributed by atoms with Gasteiger partial charge in [0.2, 0.25) is 0 Å². The second kappa shape index (κ2) is 6.69. The lowest BCUT2D eigenvalue weighted by Crippen LogP contribution is -2.44. The Kier molecular flexibility index (Phi) is 5.17. The minimum Gasteiger partial charge on any atom is -0.374 e. The number of hydrogen-bond donors (Lipinski definition) is 1. The van der Waals surface area contributed by atoms with Crippen molar-refractivity contribution in [3.63, 3.8) is 0 Å². The van der Waals surface area contributed by atoms with Gasteiger partial charge in [-0.3, -0.25) is 4.79 Å². The summed E-state index contributed by atoms with van der Waals surface area (Å²) in [7, 11) is 1.94. The number of hydrogen-bond acceptors (Lipinski definition) is 5. The van der Waals surface area contributed by atoms with Crippen LogP contribution in [0.3, 0.4) is 0 Å². The number of ether oxygens (including phenoxy) is 1. The van der Waals surface area contributed by atoms with Crippen LogP contribution in [0.25, 0.3) is 0 Å². The maximum Gasteiger partial charge on any atom is 0.283 e. The SMILES string of the molecule is CC(C)n1ncc(N(C)CC2CNCCO2)c(Br)c1=O. The molecule has 1 aliphatic heterocycles. The lowest BCUT2D eigenvalue weighted by atomic mass is 10.2. The van der Waals surface area contributed by atoms with Gasteiger partial charge in [0.15, 0.2) is 0 Å². The van der Waals surface area contributed by atoms with E-state index in [9.17, 15) is 4.79 Å². The van der Waals surface area contributed by atoms with Gasteiger partial charge in [-0.1, -0.05) is 0 Å². The zero-order valence-electron chi connectivity index (χ0n) is 12.1. The highest BCUT2D eigenvalue weighted by Crippen LogP contribution is 2.21. The topological polar surface area (TPSA) is 59.4 Å². The summed E-state index contributed by atoms with van der Waals surface area (Å²) in [6, 6.07) is 0.0454. The molecule has 1 aliphatic rings. The molecule has 1 aromatic rings. The predicted molar refractivity (Wildman–Crippen MR) is 82.5 cm³/mol. The van der Waals surface area contributed by atoms with Crippen LogP contribution in [0.2, 0.25) is 0 Å². The zero-order valence-corrected chi connectivity index (χ0v) is 13.7. The van der Waals surface area contributed by atoms with Gasteiger partial charge in [-0.15, -0.1) is 0 Å². The molecule has 2 heterocycles. The molecule has 1 saturated heterocycles. The minimum absolute atomic E-state index is 0.0454. The Hall–Kier alpha value is -0.920. The lowest BCUT2D eigenvalue weighted by Gasteiger charge is -2.29. The maximum atomic E-state index is 12.2. The van der Waals surface area contributed by atoms with Gasteiger partial charge >= 0.3 is 0 Å². The second-order valence-electron chi connectivity index (χ2n) is 5.26. The lowest BCUT2D eigenvalue weighted by molar-refractivity contribution is 0.0340. The number of halogens is 1. The van der Waals surface area contributed by atoms with E-state index in [0.717, 1.165) is 31.9 Å². The molecule has 0 spiro atoms. The Balaban J connectivity index is 2.15. The Bertz CT molecular complexity index is 512. The molecule has 7 heteroatoms. The van der Waals surface area contributed by atoms with Gasteiger partial charge in [-0.05, 0) is 29.8 Å². The first-order valence-corrected chi connectivity index (χ1v) is 7.60. The van der Waals surface area contributed by atoms with Crippen molar-refractivity contribution in [3.05, 3.63) is 21.0 Å². The molecule has 0 aromatic carbocycles. The van der Waals surface area contributed by atoms with Crippen molar-refractivity contribution >= 4 is 21.6 Å². The number of aromatic nitrogens is 2. The zero-order chi connectivity index (χ0) is 14.7. The van der Waals surface area contributed by atoms with E-state index in [4.69, 9.17) is 4.74 Å². The summed E-state index contributed by atoms with van der Waals surface area (Å²) >= 11 is 3.39. The van der Waals surface area contributed by atoms with Crippen molar-refractivity contribution in [3.8, 4) is 0 Å². The molecule has 20 heavy (non-hydrogen) atoms. The minimum atomic E-state index is -0.105. The van der Waals surface area contributed by atoms with Crippen molar-refractivity contribution in [2.75, 3.05) is 38.2 Å². The molecular weight excluding hydrogens is 324 g/mol. The van der Waals surface area contributed by atoms with E-state index in [0.29, 0.717) is 4.47 Å². The summed E-state index contributed by atoms with van der Waals surface area (Å²) in [5.74, 6) is 0. The van der Waals surface area contributed by atoms with Gasteiger partial charge in [0.1, 0.15) is 4.47 Å². The molecule has 0 radical (unpaired) electrons. The molecule has 0 saturated carbocycles. The Labute approximate surface area is 127 Å². The summed E-state index contributed by atoms with van der Waals surface area (Å²) in [4.78, 5) is 14.2. The van der Waals surface area contributed by atoms with Crippen LogP contribution in [0.15, 0.2) is 15.5 Å². The van der Waals surface area contributed by atoms with Gasteiger partial charge in [0.25, 0.3) is 5.56 Å². The van der Waals surface area contributed by atoms with E-state index in [1.807, 2.05) is 25.8 Å². The largest absolute Gasteiger partial charge is 0.374 e. The molecular formula is C13H21BrN4O2. The molecule has 1 atom stereocenters. The number of anilines is 1. The monoisotopic (exact) mass is 344 g/mol. The third-order valence-electron chi connectivity index (χ3n) is 3.31. The highest BCUT2D eigenvalue weighted by molar-refractivity contribution is 9.10. The van der Waals surface area contributed by atoms with E-state index in [2.05, 4.69) is 26.3 Å². The smallest absolute Gasteiger partial charge is 0.283 e. The van der Waals surface area contributed by atoms with Crippen LogP contribution in [0.5, 0.6) is 0 Å². The number of morpholine rings is 1. The first-order chi connectivity index (χ1) is 9.50. The molecule has 0 aliphatic carbocycles. The van der Waals surface area contributed by atoms with Crippen LogP contribution in [0.4, 0.5) is 5.69 Å². The van der Waals surface area contributed by atoms with E-state index < -0.39 is 0 Å². The Morgan fingerprint density at radius 2 is 2.40 bits per heavy atom. The van der Waals surface area contributed by atoms with Crippen molar-refractivity contribution in [2.24, 2.45) is 0 Å². The van der Waals surface area contributed by atoms with E-state index in [1.54, 1.807) is 6.20 Å². The average Bonchev–Trinajstić information content (AvgIpc) is 2.42. The van der Waals surface area contributed by atoms with Crippen LogP contribution in [0.1, 0.15) is 19.9 Å². The highest BCUT2D eigenvalue weighted by atomic mass is 79.9. The fraction of sp³-hybridized carbons (Fsp3) is 0.692. The fourth-order valence-corrected chi connectivity index (χ4v) is 2.80. The summed E-state index contributed by atoms with van der Waals surface area (Å²) in [6.45, 7) is 7.05. The summed E-state index contributed by atoms with van der Waals surface area (Å²) in [6.07, 6.45) is 1.86. The summed E-state index contributed by atoms with van der Waals surface area (Å²) in [5, 5.41) is 7.53. The van der Waals surface area contributed by atoms with Crippen molar-refractivity contribution in [1.82, 2.24) is 15.1 Å². The summed E-state index contributed by atoms with van der Waals surface area (Å²) in [5.41, 5.74) is 0.688. The standard InChI is InChI=1S/C13H21BrN4O2/c1-9(2)18-13(19)12(14)11(7-16-18)17(3)8-10-6-15-4-5-20-10/h7,9-10,15H,4-6,8H2,1-3H3. The molecule has 6 nitrogen and oxygen atoms in total.